The lowest BCUT2D eigenvalue weighted by Gasteiger charge is -1.99. The van der Waals surface area contributed by atoms with Gasteiger partial charge in [0, 0.05) is 10.6 Å². The number of hydrogen-bond donors (Lipinski definition) is 0. The van der Waals surface area contributed by atoms with Crippen molar-refractivity contribution in [3.05, 3.63) is 33.8 Å². The molecule has 0 aliphatic carbocycles. The van der Waals surface area contributed by atoms with Crippen molar-refractivity contribution in [3.63, 3.8) is 0 Å². The summed E-state index contributed by atoms with van der Waals surface area (Å²) in [6.45, 7) is -1.06. The van der Waals surface area contributed by atoms with E-state index in [2.05, 4.69) is 0 Å². The monoisotopic (exact) mass is 206 g/mol. The standard InChI is InChI=1S/C8H5Cl2FO/c9-5-1-2-7(10)6(3-5)8(12)4-11/h1-3H,4H2. The van der Waals surface area contributed by atoms with Crippen molar-refractivity contribution in [1.82, 2.24) is 0 Å². The molecule has 0 atom stereocenters. The molecule has 0 radical (unpaired) electrons. The summed E-state index contributed by atoms with van der Waals surface area (Å²) < 4.78 is 11.9. The van der Waals surface area contributed by atoms with Crippen LogP contribution < -0.4 is 0 Å². The molecule has 0 fully saturated rings. The van der Waals surface area contributed by atoms with Gasteiger partial charge >= 0.3 is 0 Å². The minimum Gasteiger partial charge on any atom is -0.291 e. The van der Waals surface area contributed by atoms with Crippen LogP contribution >= 0.6 is 23.2 Å². The second kappa shape index (κ2) is 3.87. The van der Waals surface area contributed by atoms with Gasteiger partial charge in [-0.05, 0) is 18.2 Å². The summed E-state index contributed by atoms with van der Waals surface area (Å²) in [5.41, 5.74) is 0.131. The van der Waals surface area contributed by atoms with Gasteiger partial charge in [-0.25, -0.2) is 4.39 Å². The van der Waals surface area contributed by atoms with E-state index in [1.807, 2.05) is 0 Å². The van der Waals surface area contributed by atoms with Crippen molar-refractivity contribution >= 4 is 29.0 Å². The Morgan fingerprint density at radius 2 is 2.08 bits per heavy atom. The summed E-state index contributed by atoms with van der Waals surface area (Å²) in [5, 5.41) is 0.596. The molecule has 1 nitrogen and oxygen atoms in total. The number of benzene rings is 1. The molecule has 0 saturated carbocycles. The Morgan fingerprint density at radius 1 is 1.42 bits per heavy atom. The van der Waals surface area contributed by atoms with E-state index in [1.165, 1.54) is 12.1 Å². The smallest absolute Gasteiger partial charge is 0.195 e. The van der Waals surface area contributed by atoms with E-state index in [0.717, 1.165) is 0 Å². The molecule has 0 bridgehead atoms. The van der Waals surface area contributed by atoms with Gasteiger partial charge in [0.2, 0.25) is 0 Å². The molecule has 0 aromatic heterocycles. The molecule has 0 N–H and O–H groups in total. The number of rotatable bonds is 2. The maximum Gasteiger partial charge on any atom is 0.195 e. The number of carbonyl (C=O) groups excluding carboxylic acids is 1. The summed E-state index contributed by atoms with van der Waals surface area (Å²) in [4.78, 5) is 10.9. The average molecular weight is 207 g/mol. The molecule has 0 saturated heterocycles. The van der Waals surface area contributed by atoms with Crippen molar-refractivity contribution in [2.45, 2.75) is 0 Å². The molecule has 0 heterocycles. The summed E-state index contributed by atoms with van der Waals surface area (Å²) in [6.07, 6.45) is 0. The number of hydrogen-bond acceptors (Lipinski definition) is 1. The maximum absolute atomic E-state index is 11.9. The Labute approximate surface area is 79.1 Å². The summed E-state index contributed by atoms with van der Waals surface area (Å²) in [7, 11) is 0. The van der Waals surface area contributed by atoms with Gasteiger partial charge in [0.1, 0.15) is 0 Å². The molecule has 1 rings (SSSR count). The van der Waals surface area contributed by atoms with Crippen LogP contribution in [0.1, 0.15) is 10.4 Å². The molecule has 1 aromatic rings. The maximum atomic E-state index is 11.9. The van der Waals surface area contributed by atoms with Gasteiger partial charge in [-0.3, -0.25) is 4.79 Å². The van der Waals surface area contributed by atoms with E-state index < -0.39 is 12.5 Å². The average Bonchev–Trinajstić information content (AvgIpc) is 2.08. The fraction of sp³-hybridized carbons (Fsp3) is 0.125. The van der Waals surface area contributed by atoms with E-state index in [1.54, 1.807) is 6.07 Å². The Bertz CT molecular complexity index is 312. The van der Waals surface area contributed by atoms with Crippen LogP contribution in [0.4, 0.5) is 4.39 Å². The lowest BCUT2D eigenvalue weighted by Crippen LogP contribution is -2.01. The van der Waals surface area contributed by atoms with Crippen molar-refractivity contribution < 1.29 is 9.18 Å². The SMILES string of the molecule is O=C(CF)c1cc(Cl)ccc1Cl. The first-order valence-corrected chi connectivity index (χ1v) is 3.95. The quantitative estimate of drug-likeness (QED) is 0.680. The third-order valence-electron chi connectivity index (χ3n) is 1.35. The topological polar surface area (TPSA) is 17.1 Å². The first-order valence-electron chi connectivity index (χ1n) is 3.19. The predicted octanol–water partition coefficient (Wildman–Crippen LogP) is 3.15. The first-order chi connectivity index (χ1) is 5.65. The highest BCUT2D eigenvalue weighted by molar-refractivity contribution is 6.35. The predicted molar refractivity (Wildman–Crippen MR) is 46.8 cm³/mol. The largest absolute Gasteiger partial charge is 0.291 e. The molecule has 64 valence electrons. The molecule has 0 amide bonds. The van der Waals surface area contributed by atoms with Crippen LogP contribution in [-0.4, -0.2) is 12.5 Å². The third-order valence-corrected chi connectivity index (χ3v) is 1.91. The van der Waals surface area contributed by atoms with Gasteiger partial charge in [-0.1, -0.05) is 23.2 Å². The van der Waals surface area contributed by atoms with Crippen molar-refractivity contribution in [2.75, 3.05) is 6.67 Å². The van der Waals surface area contributed by atoms with Gasteiger partial charge in [0.15, 0.2) is 12.5 Å². The lowest BCUT2D eigenvalue weighted by molar-refractivity contribution is 0.0959. The molecule has 0 unspecified atom stereocenters. The Balaban J connectivity index is 3.13. The number of carbonyl (C=O) groups is 1. The number of halogens is 3. The molecular weight excluding hydrogens is 202 g/mol. The normalized spacial score (nSPS) is 9.92. The zero-order valence-electron chi connectivity index (χ0n) is 5.98. The highest BCUT2D eigenvalue weighted by Gasteiger charge is 2.09. The van der Waals surface area contributed by atoms with E-state index >= 15 is 0 Å². The van der Waals surface area contributed by atoms with Crippen molar-refractivity contribution in [3.8, 4) is 0 Å². The van der Waals surface area contributed by atoms with Gasteiger partial charge in [-0.2, -0.15) is 0 Å². The third kappa shape index (κ3) is 1.96. The van der Waals surface area contributed by atoms with Crippen molar-refractivity contribution in [2.24, 2.45) is 0 Å². The summed E-state index contributed by atoms with van der Waals surface area (Å²) >= 11 is 11.2. The molecular formula is C8H5Cl2FO. The molecule has 0 aliphatic heterocycles. The molecule has 1 aromatic carbocycles. The molecule has 12 heavy (non-hydrogen) atoms. The van der Waals surface area contributed by atoms with Crippen molar-refractivity contribution in [1.29, 1.82) is 0 Å². The van der Waals surface area contributed by atoms with E-state index in [4.69, 9.17) is 23.2 Å². The van der Waals surface area contributed by atoms with Crippen LogP contribution in [0.3, 0.4) is 0 Å². The van der Waals surface area contributed by atoms with Gasteiger partial charge in [-0.15, -0.1) is 0 Å². The minimum absolute atomic E-state index is 0.131. The fourth-order valence-corrected chi connectivity index (χ4v) is 1.18. The second-order valence-corrected chi connectivity index (χ2v) is 3.02. The van der Waals surface area contributed by atoms with Crippen LogP contribution in [0.25, 0.3) is 0 Å². The molecule has 0 aliphatic rings. The van der Waals surface area contributed by atoms with Crippen LogP contribution in [0.15, 0.2) is 18.2 Å². The van der Waals surface area contributed by atoms with E-state index in [9.17, 15) is 9.18 Å². The second-order valence-electron chi connectivity index (χ2n) is 2.18. The molecule has 4 heteroatoms. The zero-order chi connectivity index (χ0) is 9.14. The number of alkyl halides is 1. The highest BCUT2D eigenvalue weighted by Crippen LogP contribution is 2.20. The summed E-state index contributed by atoms with van der Waals surface area (Å²) in [6, 6.07) is 4.36. The van der Waals surface area contributed by atoms with E-state index in [-0.39, 0.29) is 10.6 Å². The first kappa shape index (κ1) is 9.49. The van der Waals surface area contributed by atoms with Gasteiger partial charge < -0.3 is 0 Å². The Kier molecular flexibility index (Phi) is 3.06. The Morgan fingerprint density at radius 3 is 2.67 bits per heavy atom. The van der Waals surface area contributed by atoms with Gasteiger partial charge in [0.25, 0.3) is 0 Å². The number of Topliss-reactive ketones (excluding diaryl/α,β-unsaturated/α-hetero) is 1. The van der Waals surface area contributed by atoms with Crippen LogP contribution in [-0.2, 0) is 0 Å². The zero-order valence-corrected chi connectivity index (χ0v) is 7.49. The van der Waals surface area contributed by atoms with Crippen LogP contribution in [0.2, 0.25) is 10.0 Å². The minimum atomic E-state index is -1.06. The lowest BCUT2D eigenvalue weighted by atomic mass is 10.1. The van der Waals surface area contributed by atoms with Crippen LogP contribution in [0, 0.1) is 0 Å². The summed E-state index contributed by atoms with van der Waals surface area (Å²) in [5.74, 6) is -0.650. The van der Waals surface area contributed by atoms with E-state index in [0.29, 0.717) is 5.02 Å². The number of ketones is 1. The fourth-order valence-electron chi connectivity index (χ4n) is 0.783. The highest BCUT2D eigenvalue weighted by atomic mass is 35.5. The van der Waals surface area contributed by atoms with Crippen LogP contribution in [0.5, 0.6) is 0 Å². The Hall–Kier alpha value is -0.600. The van der Waals surface area contributed by atoms with Gasteiger partial charge in [0.05, 0.1) is 5.02 Å². The molecule has 0 spiro atoms.